The summed E-state index contributed by atoms with van der Waals surface area (Å²) in [6, 6.07) is 5.48. The number of hydrogen-bond donors (Lipinski definition) is 6. The third kappa shape index (κ3) is 5.16. The number of hydrogen-bond acceptors (Lipinski definition) is 10. The van der Waals surface area contributed by atoms with E-state index in [1.54, 1.807) is 0 Å². The Hall–Kier alpha value is -2.21. The highest BCUT2D eigenvalue weighted by Crippen LogP contribution is 2.25. The van der Waals surface area contributed by atoms with Gasteiger partial charge in [0.1, 0.15) is 48.6 Å². The second-order valence-corrected chi connectivity index (χ2v) is 5.95. The molecule has 1 heterocycles. The molecule has 0 amide bonds. The van der Waals surface area contributed by atoms with Crippen LogP contribution in [-0.4, -0.2) is 86.6 Å². The lowest BCUT2D eigenvalue weighted by atomic mass is 9.99. The first-order chi connectivity index (χ1) is 12.7. The fourth-order valence-electron chi connectivity index (χ4n) is 2.31. The van der Waals surface area contributed by atoms with Crippen molar-refractivity contribution in [2.75, 3.05) is 13.2 Å². The quantitative estimate of drug-likeness (QED) is 0.229. The summed E-state index contributed by atoms with van der Waals surface area (Å²) < 4.78 is 15.6. The number of phenols is 1. The van der Waals surface area contributed by atoms with E-state index < -0.39 is 56.0 Å². The average molecular weight is 386 g/mol. The van der Waals surface area contributed by atoms with Gasteiger partial charge in [0.05, 0.1) is 12.2 Å². The average Bonchev–Trinajstić information content (AvgIpc) is 2.67. The van der Waals surface area contributed by atoms with Gasteiger partial charge in [0.15, 0.2) is 0 Å². The molecule has 0 aromatic heterocycles. The Balaban J connectivity index is 2.00. The SMILES string of the molecule is C=C(C(=O)OC[C@H]1O[C@@H](Oc2ccc(O)cc2)[C@H](O)[C@@H](O)[C@@H]1O)[C@H](O)CO. The summed E-state index contributed by atoms with van der Waals surface area (Å²) in [5.74, 6) is -0.808. The van der Waals surface area contributed by atoms with Crippen LogP contribution in [0.15, 0.2) is 36.4 Å². The first-order valence-electron chi connectivity index (χ1n) is 8.04. The van der Waals surface area contributed by atoms with Crippen molar-refractivity contribution < 1.29 is 49.6 Å². The van der Waals surface area contributed by atoms with E-state index in [2.05, 4.69) is 6.58 Å². The minimum Gasteiger partial charge on any atom is -0.508 e. The first-order valence-corrected chi connectivity index (χ1v) is 8.04. The second kappa shape index (κ2) is 9.13. The van der Waals surface area contributed by atoms with Gasteiger partial charge in [-0.1, -0.05) is 6.58 Å². The van der Waals surface area contributed by atoms with Crippen LogP contribution < -0.4 is 4.74 Å². The number of aromatic hydroxyl groups is 1. The second-order valence-electron chi connectivity index (χ2n) is 5.95. The number of benzene rings is 1. The van der Waals surface area contributed by atoms with E-state index >= 15 is 0 Å². The Morgan fingerprint density at radius 1 is 1.15 bits per heavy atom. The van der Waals surface area contributed by atoms with Gasteiger partial charge >= 0.3 is 5.97 Å². The van der Waals surface area contributed by atoms with Gasteiger partial charge in [-0.05, 0) is 24.3 Å². The molecule has 150 valence electrons. The summed E-state index contributed by atoms with van der Waals surface area (Å²) in [5.41, 5.74) is -0.389. The molecular formula is C17H22O10. The number of esters is 1. The zero-order valence-corrected chi connectivity index (χ0v) is 14.2. The third-order valence-electron chi connectivity index (χ3n) is 3.97. The smallest absolute Gasteiger partial charge is 0.336 e. The molecule has 0 bridgehead atoms. The maximum Gasteiger partial charge on any atom is 0.336 e. The van der Waals surface area contributed by atoms with Crippen molar-refractivity contribution in [3.05, 3.63) is 36.4 Å². The molecule has 0 saturated carbocycles. The van der Waals surface area contributed by atoms with Gasteiger partial charge in [0.25, 0.3) is 0 Å². The van der Waals surface area contributed by atoms with Crippen molar-refractivity contribution >= 4 is 5.97 Å². The molecule has 27 heavy (non-hydrogen) atoms. The van der Waals surface area contributed by atoms with Crippen molar-refractivity contribution in [1.82, 2.24) is 0 Å². The molecular weight excluding hydrogens is 364 g/mol. The van der Waals surface area contributed by atoms with Gasteiger partial charge in [-0.15, -0.1) is 0 Å². The van der Waals surface area contributed by atoms with Gasteiger partial charge in [-0.2, -0.15) is 0 Å². The Bertz CT molecular complexity index is 646. The minimum atomic E-state index is -1.64. The van der Waals surface area contributed by atoms with Crippen molar-refractivity contribution in [3.8, 4) is 11.5 Å². The van der Waals surface area contributed by atoms with E-state index in [0.717, 1.165) is 0 Å². The monoisotopic (exact) mass is 386 g/mol. The fraction of sp³-hybridized carbons (Fsp3) is 0.471. The Kier molecular flexibility index (Phi) is 7.13. The predicted molar refractivity (Wildman–Crippen MR) is 88.6 cm³/mol. The lowest BCUT2D eigenvalue weighted by Gasteiger charge is -2.39. The van der Waals surface area contributed by atoms with Gasteiger partial charge in [-0.25, -0.2) is 4.79 Å². The van der Waals surface area contributed by atoms with Gasteiger partial charge in [0, 0.05) is 0 Å². The van der Waals surface area contributed by atoms with E-state index in [-0.39, 0.29) is 17.1 Å². The molecule has 1 aromatic rings. The van der Waals surface area contributed by atoms with Crippen LogP contribution in [0.25, 0.3) is 0 Å². The Morgan fingerprint density at radius 2 is 1.78 bits per heavy atom. The molecule has 1 saturated heterocycles. The molecule has 10 heteroatoms. The molecule has 6 atom stereocenters. The van der Waals surface area contributed by atoms with Crippen molar-refractivity contribution in [1.29, 1.82) is 0 Å². The number of carbonyl (C=O) groups excluding carboxylic acids is 1. The molecule has 6 N–H and O–H groups in total. The Labute approximate surface area is 154 Å². The summed E-state index contributed by atoms with van der Waals surface area (Å²) in [6.07, 6.45) is -8.93. The molecule has 0 aliphatic carbocycles. The van der Waals surface area contributed by atoms with Crippen LogP contribution in [0.1, 0.15) is 0 Å². The molecule has 10 nitrogen and oxygen atoms in total. The molecule has 1 aromatic carbocycles. The Morgan fingerprint density at radius 3 is 2.37 bits per heavy atom. The van der Waals surface area contributed by atoms with E-state index in [0.29, 0.717) is 0 Å². The zero-order valence-electron chi connectivity index (χ0n) is 14.2. The largest absolute Gasteiger partial charge is 0.508 e. The van der Waals surface area contributed by atoms with Crippen molar-refractivity contribution in [2.45, 2.75) is 36.8 Å². The van der Waals surface area contributed by atoms with Crippen LogP contribution in [0.3, 0.4) is 0 Å². The summed E-state index contributed by atoms with van der Waals surface area (Å²) in [6.45, 7) is 2.04. The van der Waals surface area contributed by atoms with Gasteiger partial charge in [0.2, 0.25) is 6.29 Å². The first kappa shape index (κ1) is 21.1. The lowest BCUT2D eigenvalue weighted by molar-refractivity contribution is -0.278. The number of aliphatic hydroxyl groups excluding tert-OH is 5. The van der Waals surface area contributed by atoms with Crippen molar-refractivity contribution in [2.24, 2.45) is 0 Å². The third-order valence-corrected chi connectivity index (χ3v) is 3.97. The molecule has 0 spiro atoms. The molecule has 2 rings (SSSR count). The highest BCUT2D eigenvalue weighted by Gasteiger charge is 2.45. The summed E-state index contributed by atoms with van der Waals surface area (Å²) in [7, 11) is 0. The number of rotatable bonds is 7. The predicted octanol–water partition coefficient (Wildman–Crippen LogP) is -1.97. The van der Waals surface area contributed by atoms with E-state index in [1.807, 2.05) is 0 Å². The lowest BCUT2D eigenvalue weighted by Crippen LogP contribution is -2.60. The summed E-state index contributed by atoms with van der Waals surface area (Å²) >= 11 is 0. The normalized spacial score (nSPS) is 29.0. The topological polar surface area (TPSA) is 166 Å². The highest BCUT2D eigenvalue weighted by atomic mass is 16.7. The van der Waals surface area contributed by atoms with Crippen LogP contribution in [0.5, 0.6) is 11.5 Å². The van der Waals surface area contributed by atoms with Crippen LogP contribution in [-0.2, 0) is 14.3 Å². The number of aliphatic hydroxyl groups is 5. The summed E-state index contributed by atoms with van der Waals surface area (Å²) in [5, 5.41) is 57.4. The van der Waals surface area contributed by atoms with Gasteiger partial charge < -0.3 is 44.8 Å². The summed E-state index contributed by atoms with van der Waals surface area (Å²) in [4.78, 5) is 11.7. The molecule has 0 radical (unpaired) electrons. The number of ether oxygens (including phenoxy) is 3. The fourth-order valence-corrected chi connectivity index (χ4v) is 2.31. The van der Waals surface area contributed by atoms with Crippen LogP contribution in [0, 0.1) is 0 Å². The van der Waals surface area contributed by atoms with Crippen LogP contribution >= 0.6 is 0 Å². The molecule has 0 unspecified atom stereocenters. The van der Waals surface area contributed by atoms with Crippen molar-refractivity contribution in [3.63, 3.8) is 0 Å². The highest BCUT2D eigenvalue weighted by molar-refractivity contribution is 5.88. The molecule has 1 aliphatic heterocycles. The molecule has 1 fully saturated rings. The van der Waals surface area contributed by atoms with Crippen LogP contribution in [0.2, 0.25) is 0 Å². The van der Waals surface area contributed by atoms with E-state index in [9.17, 15) is 30.3 Å². The minimum absolute atomic E-state index is 0.00185. The van der Waals surface area contributed by atoms with Crippen LogP contribution in [0.4, 0.5) is 0 Å². The number of carbonyl (C=O) groups is 1. The molecule has 1 aliphatic rings. The zero-order chi connectivity index (χ0) is 20.1. The maximum atomic E-state index is 11.7. The number of phenolic OH excluding ortho intramolecular Hbond substituents is 1. The van der Waals surface area contributed by atoms with E-state index in [1.165, 1.54) is 24.3 Å². The van der Waals surface area contributed by atoms with Gasteiger partial charge in [-0.3, -0.25) is 0 Å². The van der Waals surface area contributed by atoms with E-state index in [4.69, 9.17) is 19.3 Å². The standard InChI is InChI=1S/C17H22O10/c1-8(11(20)6-18)16(24)25-7-12-13(21)14(22)15(23)17(27-12)26-10-4-2-9(19)3-5-10/h2-5,11-15,17-23H,1,6-7H2/t11-,12-,13-,14+,15-,17-/m1/s1. The maximum absolute atomic E-state index is 11.7.